The van der Waals surface area contributed by atoms with Gasteiger partial charge < -0.3 is 25.2 Å². The van der Waals surface area contributed by atoms with Gasteiger partial charge in [0.05, 0.1) is 11.4 Å². The molecule has 0 aliphatic carbocycles. The highest BCUT2D eigenvalue weighted by Crippen LogP contribution is 2.37. The third-order valence-electron chi connectivity index (χ3n) is 5.47. The molecule has 36 heavy (non-hydrogen) atoms. The first-order chi connectivity index (χ1) is 17.4. The van der Waals surface area contributed by atoms with Crippen LogP contribution in [0.2, 0.25) is 0 Å². The van der Waals surface area contributed by atoms with E-state index in [1.54, 1.807) is 0 Å². The molecule has 3 N–H and O–H groups in total. The predicted molar refractivity (Wildman–Crippen MR) is 128 cm³/mol. The van der Waals surface area contributed by atoms with Crippen molar-refractivity contribution in [1.29, 1.82) is 5.41 Å². The maximum Gasteiger partial charge on any atom is 0.261 e. The first-order valence-electron chi connectivity index (χ1n) is 10.8. The molecular formula is C26H18F2N4O4. The molecule has 8 nitrogen and oxygen atoms in total. The molecule has 0 spiro atoms. The number of amides is 1. The van der Waals surface area contributed by atoms with Gasteiger partial charge in [-0.25, -0.2) is 8.78 Å². The number of anilines is 1. The number of H-pyrrole nitrogens is 1. The first-order valence-corrected chi connectivity index (χ1v) is 10.8. The van der Waals surface area contributed by atoms with Crippen molar-refractivity contribution >= 4 is 17.3 Å². The zero-order chi connectivity index (χ0) is 25.2. The molecule has 1 aliphatic rings. The largest absolute Gasteiger partial charge is 0.482 e. The summed E-state index contributed by atoms with van der Waals surface area (Å²) in [4.78, 5) is 32.5. The van der Waals surface area contributed by atoms with E-state index < -0.39 is 23.0 Å². The smallest absolute Gasteiger partial charge is 0.261 e. The maximum atomic E-state index is 14.8. The predicted octanol–water partition coefficient (Wildman–Crippen LogP) is 4.71. The lowest BCUT2D eigenvalue weighted by Gasteiger charge is -2.20. The van der Waals surface area contributed by atoms with E-state index in [1.807, 2.05) is 0 Å². The Balaban J connectivity index is 1.35. The van der Waals surface area contributed by atoms with Gasteiger partial charge in [-0.3, -0.25) is 14.6 Å². The number of ether oxygens (including phenoxy) is 2. The number of aromatic nitrogens is 2. The molecule has 0 saturated carbocycles. The van der Waals surface area contributed by atoms with Crippen LogP contribution in [0.1, 0.15) is 16.1 Å². The molecule has 2 aromatic heterocycles. The minimum Gasteiger partial charge on any atom is -0.482 e. The van der Waals surface area contributed by atoms with Crippen LogP contribution in [-0.4, -0.2) is 28.2 Å². The average Bonchev–Trinajstić information content (AvgIpc) is 2.86. The van der Waals surface area contributed by atoms with Gasteiger partial charge in [0.2, 0.25) is 5.43 Å². The molecule has 0 unspecified atom stereocenters. The first kappa shape index (κ1) is 22.9. The Bertz CT molecular complexity index is 1550. The minimum atomic E-state index is -0.754. The Morgan fingerprint density at radius 3 is 2.67 bits per heavy atom. The van der Waals surface area contributed by atoms with E-state index in [-0.39, 0.29) is 34.9 Å². The fourth-order valence-electron chi connectivity index (χ4n) is 3.72. The number of benzene rings is 2. The van der Waals surface area contributed by atoms with Crippen molar-refractivity contribution in [3.63, 3.8) is 0 Å². The summed E-state index contributed by atoms with van der Waals surface area (Å²) in [6, 6.07) is 10.7. The van der Waals surface area contributed by atoms with Gasteiger partial charge in [-0.1, -0.05) is 12.1 Å². The summed E-state index contributed by atoms with van der Waals surface area (Å²) >= 11 is 0. The quantitative estimate of drug-likeness (QED) is 0.376. The lowest BCUT2D eigenvalue weighted by atomic mass is 10.0. The monoisotopic (exact) mass is 488 g/mol. The number of rotatable bonds is 5. The van der Waals surface area contributed by atoms with E-state index >= 15 is 0 Å². The highest BCUT2D eigenvalue weighted by molar-refractivity contribution is 6.04. The molecule has 2 aromatic carbocycles. The topological polar surface area (TPSA) is 117 Å². The van der Waals surface area contributed by atoms with Gasteiger partial charge in [0.15, 0.2) is 23.1 Å². The second-order valence-electron chi connectivity index (χ2n) is 7.97. The summed E-state index contributed by atoms with van der Waals surface area (Å²) in [6.07, 6.45) is 4.47. The number of nitrogens with one attached hydrogen (secondary N) is 3. The zero-order valence-electron chi connectivity index (χ0n) is 18.6. The van der Waals surface area contributed by atoms with Gasteiger partial charge in [-0.15, -0.1) is 0 Å². The molecule has 0 atom stereocenters. The SMILES string of the molecule is N=C1COc2c(Oc3ccc(NC(=O)c4c[nH]cc(-c5ccc(F)cc5)c4=O)cc3F)ccnc2C1. The lowest BCUT2D eigenvalue weighted by Crippen LogP contribution is -2.22. The Morgan fingerprint density at radius 2 is 1.89 bits per heavy atom. The second kappa shape index (κ2) is 9.41. The van der Waals surface area contributed by atoms with Crippen LogP contribution in [0.4, 0.5) is 14.5 Å². The molecule has 0 bridgehead atoms. The molecule has 4 aromatic rings. The lowest BCUT2D eigenvalue weighted by molar-refractivity contribution is 0.102. The van der Waals surface area contributed by atoms with E-state index in [1.165, 1.54) is 61.1 Å². The highest BCUT2D eigenvalue weighted by atomic mass is 19.1. The number of nitrogens with zero attached hydrogens (tertiary/aromatic N) is 1. The third-order valence-corrected chi connectivity index (χ3v) is 5.47. The summed E-state index contributed by atoms with van der Waals surface area (Å²) in [5.41, 5.74) is 0.895. The van der Waals surface area contributed by atoms with E-state index in [2.05, 4.69) is 15.3 Å². The number of pyridine rings is 2. The van der Waals surface area contributed by atoms with Gasteiger partial charge >= 0.3 is 0 Å². The molecule has 0 radical (unpaired) electrons. The van der Waals surface area contributed by atoms with Crippen LogP contribution in [0.15, 0.2) is 71.9 Å². The van der Waals surface area contributed by atoms with Crippen LogP contribution in [0.25, 0.3) is 11.1 Å². The number of aromatic amines is 1. The van der Waals surface area contributed by atoms with Crippen LogP contribution >= 0.6 is 0 Å². The fourth-order valence-corrected chi connectivity index (χ4v) is 3.72. The summed E-state index contributed by atoms with van der Waals surface area (Å²) in [6.45, 7) is 0.101. The van der Waals surface area contributed by atoms with Crippen LogP contribution in [-0.2, 0) is 6.42 Å². The van der Waals surface area contributed by atoms with Gasteiger partial charge in [0.25, 0.3) is 5.91 Å². The Labute approximate surface area is 203 Å². The normalized spacial score (nSPS) is 12.4. The van der Waals surface area contributed by atoms with Crippen molar-refractivity contribution < 1.29 is 23.0 Å². The van der Waals surface area contributed by atoms with Gasteiger partial charge in [0, 0.05) is 48.4 Å². The molecule has 5 rings (SSSR count). The van der Waals surface area contributed by atoms with Crippen molar-refractivity contribution in [3.05, 3.63) is 100 Å². The molecule has 0 saturated heterocycles. The minimum absolute atomic E-state index is 0.101. The van der Waals surface area contributed by atoms with Crippen LogP contribution in [0, 0.1) is 17.0 Å². The van der Waals surface area contributed by atoms with E-state index in [0.717, 1.165) is 6.07 Å². The third kappa shape index (κ3) is 4.56. The standard InChI is InChI=1S/C26H18F2N4O4/c27-15-3-1-14(2-4-15)18-11-30-12-19(24(18)33)26(34)32-17-5-6-22(20(28)10-17)36-23-7-8-31-21-9-16(29)13-35-25(21)23/h1-8,10-12,29H,9,13H2,(H,30,33)(H,32,34). The molecule has 0 fully saturated rings. The fraction of sp³-hybridized carbons (Fsp3) is 0.0769. The van der Waals surface area contributed by atoms with Gasteiger partial charge in [-0.05, 0) is 29.8 Å². The number of hydrogen-bond acceptors (Lipinski definition) is 6. The maximum absolute atomic E-state index is 14.8. The molecular weight excluding hydrogens is 470 g/mol. The van der Waals surface area contributed by atoms with Crippen LogP contribution < -0.4 is 20.2 Å². The molecule has 180 valence electrons. The van der Waals surface area contributed by atoms with Crippen molar-refractivity contribution in [1.82, 2.24) is 9.97 Å². The Morgan fingerprint density at radius 1 is 1.08 bits per heavy atom. The number of hydrogen-bond donors (Lipinski definition) is 3. The Hall–Kier alpha value is -4.86. The molecule has 10 heteroatoms. The second-order valence-corrected chi connectivity index (χ2v) is 7.97. The summed E-state index contributed by atoms with van der Waals surface area (Å²) < 4.78 is 39.2. The number of carbonyl (C=O) groups is 1. The van der Waals surface area contributed by atoms with E-state index in [9.17, 15) is 18.4 Å². The number of carbonyl (C=O) groups excluding carboxylic acids is 1. The zero-order valence-corrected chi connectivity index (χ0v) is 18.6. The summed E-state index contributed by atoms with van der Waals surface area (Å²) in [7, 11) is 0. The number of fused-ring (bicyclic) bond motifs is 1. The Kier molecular flexibility index (Phi) is 5.99. The average molecular weight is 488 g/mol. The van der Waals surface area contributed by atoms with E-state index in [4.69, 9.17) is 14.9 Å². The van der Waals surface area contributed by atoms with Crippen molar-refractivity contribution in [2.24, 2.45) is 0 Å². The molecule has 1 aliphatic heterocycles. The molecule has 3 heterocycles. The van der Waals surface area contributed by atoms with Gasteiger partial charge in [-0.2, -0.15) is 0 Å². The summed E-state index contributed by atoms with van der Waals surface area (Å²) in [5.74, 6) is -1.45. The van der Waals surface area contributed by atoms with Crippen molar-refractivity contribution in [2.45, 2.75) is 6.42 Å². The molecule has 1 amide bonds. The van der Waals surface area contributed by atoms with Gasteiger partial charge in [0.1, 0.15) is 18.0 Å². The van der Waals surface area contributed by atoms with Crippen LogP contribution in [0.3, 0.4) is 0 Å². The number of halogens is 2. The van der Waals surface area contributed by atoms with Crippen molar-refractivity contribution in [2.75, 3.05) is 11.9 Å². The van der Waals surface area contributed by atoms with Crippen LogP contribution in [0.5, 0.6) is 17.2 Å². The summed E-state index contributed by atoms with van der Waals surface area (Å²) in [5, 5.41) is 10.2. The highest BCUT2D eigenvalue weighted by Gasteiger charge is 2.21. The van der Waals surface area contributed by atoms with Crippen molar-refractivity contribution in [3.8, 4) is 28.4 Å². The van der Waals surface area contributed by atoms with E-state index in [0.29, 0.717) is 29.1 Å².